The highest BCUT2D eigenvalue weighted by molar-refractivity contribution is 5.21. The van der Waals surface area contributed by atoms with Gasteiger partial charge in [0.05, 0.1) is 6.10 Å². The van der Waals surface area contributed by atoms with Gasteiger partial charge in [-0.1, -0.05) is 43.8 Å². The van der Waals surface area contributed by atoms with E-state index in [1.807, 2.05) is 37.3 Å². The molecule has 0 saturated heterocycles. The average Bonchev–Trinajstić information content (AvgIpc) is 2.18. The average molecular weight is 174 g/mol. The number of hydrogen-bond donors (Lipinski definition) is 1. The lowest BCUT2D eigenvalue weighted by Gasteiger charge is -2.14. The largest absolute Gasteiger partial charge is 0.388 e. The molecule has 0 aliphatic carbocycles. The second kappa shape index (κ2) is 4.66. The van der Waals surface area contributed by atoms with Crippen molar-refractivity contribution >= 4 is 0 Å². The van der Waals surface area contributed by atoms with E-state index >= 15 is 0 Å². The minimum absolute atomic E-state index is 0.0930. The van der Waals surface area contributed by atoms with Crippen molar-refractivity contribution in [2.45, 2.75) is 18.9 Å². The third-order valence-corrected chi connectivity index (χ3v) is 2.13. The summed E-state index contributed by atoms with van der Waals surface area (Å²) in [6.45, 7) is 5.42. The monoisotopic (exact) mass is 174 g/mol. The van der Waals surface area contributed by atoms with Gasteiger partial charge >= 0.3 is 0 Å². The number of benzene rings is 1. The Morgan fingerprint density at radius 1 is 1.38 bits per heavy atom. The van der Waals surface area contributed by atoms with E-state index in [0.717, 1.165) is 5.56 Å². The van der Waals surface area contributed by atoms with Gasteiger partial charge in [-0.2, -0.15) is 0 Å². The number of aliphatic hydroxyl groups excluding tert-OH is 1. The molecule has 68 valence electrons. The zero-order valence-corrected chi connectivity index (χ0v) is 7.77. The molecule has 1 aromatic carbocycles. The highest BCUT2D eigenvalue weighted by atomic mass is 16.3. The summed E-state index contributed by atoms with van der Waals surface area (Å²) in [5.74, 6) is 0.0930. The summed E-state index contributed by atoms with van der Waals surface area (Å²) >= 11 is 0. The lowest BCUT2D eigenvalue weighted by Crippen LogP contribution is -2.12. The molecule has 0 aliphatic heterocycles. The first kappa shape index (κ1) is 9.79. The molecule has 1 N–H and O–H groups in total. The summed E-state index contributed by atoms with van der Waals surface area (Å²) in [7, 11) is 0. The van der Waals surface area contributed by atoms with Crippen LogP contribution in [0.4, 0.5) is 0 Å². The van der Waals surface area contributed by atoms with Crippen molar-refractivity contribution in [2.75, 3.05) is 0 Å². The molecule has 0 spiro atoms. The van der Waals surface area contributed by atoms with Gasteiger partial charge < -0.3 is 5.11 Å². The molecule has 2 unspecified atom stereocenters. The Kier molecular flexibility index (Phi) is 3.51. The van der Waals surface area contributed by atoms with Crippen molar-refractivity contribution in [3.8, 4) is 0 Å². The Labute approximate surface area is 79.0 Å². The van der Waals surface area contributed by atoms with Gasteiger partial charge in [0, 0.05) is 5.92 Å². The molecular formula is C12H14O. The minimum atomic E-state index is -0.500. The molecule has 0 aliphatic rings. The molecule has 0 aromatic heterocycles. The van der Waals surface area contributed by atoms with E-state index in [4.69, 9.17) is 0 Å². The normalized spacial score (nSPS) is 14.3. The van der Waals surface area contributed by atoms with Crippen molar-refractivity contribution in [3.63, 3.8) is 0 Å². The summed E-state index contributed by atoms with van der Waals surface area (Å²) in [6, 6.07) is 9.91. The van der Waals surface area contributed by atoms with E-state index < -0.39 is 6.10 Å². The van der Waals surface area contributed by atoms with Crippen molar-refractivity contribution < 1.29 is 5.11 Å². The van der Waals surface area contributed by atoms with Gasteiger partial charge in [-0.15, -0.1) is 5.73 Å². The maximum atomic E-state index is 9.61. The van der Waals surface area contributed by atoms with Crippen LogP contribution in [-0.4, -0.2) is 11.2 Å². The summed E-state index contributed by atoms with van der Waals surface area (Å²) in [5.41, 5.74) is 3.72. The lowest BCUT2D eigenvalue weighted by atomic mass is 9.95. The van der Waals surface area contributed by atoms with E-state index in [1.165, 1.54) is 0 Å². The van der Waals surface area contributed by atoms with E-state index in [2.05, 4.69) is 12.3 Å². The third-order valence-electron chi connectivity index (χ3n) is 2.13. The first-order chi connectivity index (χ1) is 6.25. The van der Waals surface area contributed by atoms with Crippen LogP contribution in [-0.2, 0) is 0 Å². The van der Waals surface area contributed by atoms with Crippen LogP contribution in [0.2, 0.25) is 0 Å². The Morgan fingerprint density at radius 2 is 2.00 bits per heavy atom. The molecule has 0 fully saturated rings. The molecule has 0 radical (unpaired) electrons. The third kappa shape index (κ3) is 2.59. The van der Waals surface area contributed by atoms with Crippen molar-refractivity contribution in [3.05, 3.63) is 54.3 Å². The first-order valence-electron chi connectivity index (χ1n) is 4.34. The highest BCUT2D eigenvalue weighted by Crippen LogP contribution is 2.18. The highest BCUT2D eigenvalue weighted by Gasteiger charge is 2.12. The Morgan fingerprint density at radius 3 is 2.54 bits per heavy atom. The van der Waals surface area contributed by atoms with E-state index in [-0.39, 0.29) is 5.92 Å². The lowest BCUT2D eigenvalue weighted by molar-refractivity contribution is 0.197. The molecule has 0 amide bonds. The summed E-state index contributed by atoms with van der Waals surface area (Å²) in [6.07, 6.45) is 1.08. The predicted molar refractivity (Wildman–Crippen MR) is 54.6 cm³/mol. The molecule has 2 atom stereocenters. The van der Waals surface area contributed by atoms with Gasteiger partial charge in [-0.3, -0.25) is 0 Å². The fraction of sp³-hybridized carbons (Fsp3) is 0.250. The first-order valence-corrected chi connectivity index (χ1v) is 4.34. The molecule has 1 heteroatoms. The fourth-order valence-corrected chi connectivity index (χ4v) is 1.22. The van der Waals surface area contributed by atoms with Crippen LogP contribution in [0.5, 0.6) is 0 Å². The second-order valence-electron chi connectivity index (χ2n) is 3.06. The van der Waals surface area contributed by atoms with Gasteiger partial charge in [0.2, 0.25) is 0 Å². The standard InChI is InChI=1S/C12H14O/c1-3-7-12(13)10(2)11-8-5-4-6-9-11/h4-10,12-13H,1H2,2H3. The molecule has 0 bridgehead atoms. The van der Waals surface area contributed by atoms with Crippen LogP contribution in [0.3, 0.4) is 0 Å². The summed E-state index contributed by atoms with van der Waals surface area (Å²) < 4.78 is 0. The molecule has 0 heterocycles. The van der Waals surface area contributed by atoms with E-state index in [1.54, 1.807) is 6.08 Å². The molecule has 1 nitrogen and oxygen atoms in total. The van der Waals surface area contributed by atoms with Crippen LogP contribution in [0, 0.1) is 0 Å². The Hall–Kier alpha value is -1.30. The zero-order chi connectivity index (χ0) is 9.68. The van der Waals surface area contributed by atoms with Gasteiger partial charge in [-0.25, -0.2) is 0 Å². The van der Waals surface area contributed by atoms with Gasteiger partial charge in [0.15, 0.2) is 0 Å². The zero-order valence-electron chi connectivity index (χ0n) is 7.77. The number of rotatable bonds is 3. The predicted octanol–water partition coefficient (Wildman–Crippen LogP) is 2.49. The molecule has 13 heavy (non-hydrogen) atoms. The van der Waals surface area contributed by atoms with Crippen molar-refractivity contribution in [1.82, 2.24) is 0 Å². The molecule has 1 rings (SSSR count). The SMILES string of the molecule is C=C=CC(O)C(C)c1ccccc1. The van der Waals surface area contributed by atoms with Crippen LogP contribution in [0.1, 0.15) is 18.4 Å². The fourth-order valence-electron chi connectivity index (χ4n) is 1.22. The summed E-state index contributed by atoms with van der Waals surface area (Å²) in [4.78, 5) is 0. The maximum Gasteiger partial charge on any atom is 0.0860 e. The van der Waals surface area contributed by atoms with Crippen LogP contribution in [0.25, 0.3) is 0 Å². The maximum absolute atomic E-state index is 9.61. The second-order valence-corrected chi connectivity index (χ2v) is 3.06. The molecule has 1 aromatic rings. The summed E-state index contributed by atoms with van der Waals surface area (Å²) in [5, 5.41) is 9.61. The van der Waals surface area contributed by atoms with Crippen molar-refractivity contribution in [2.24, 2.45) is 0 Å². The smallest absolute Gasteiger partial charge is 0.0860 e. The van der Waals surface area contributed by atoms with Crippen LogP contribution >= 0.6 is 0 Å². The topological polar surface area (TPSA) is 20.2 Å². The molecular weight excluding hydrogens is 160 g/mol. The van der Waals surface area contributed by atoms with Crippen LogP contribution < -0.4 is 0 Å². The van der Waals surface area contributed by atoms with E-state index in [9.17, 15) is 5.11 Å². The van der Waals surface area contributed by atoms with Crippen molar-refractivity contribution in [1.29, 1.82) is 0 Å². The van der Waals surface area contributed by atoms with E-state index in [0.29, 0.717) is 0 Å². The Bertz CT molecular complexity index is 296. The quantitative estimate of drug-likeness (QED) is 0.698. The number of hydrogen-bond acceptors (Lipinski definition) is 1. The molecule has 0 saturated carbocycles. The number of aliphatic hydroxyl groups is 1. The van der Waals surface area contributed by atoms with Crippen LogP contribution in [0.15, 0.2) is 48.7 Å². The van der Waals surface area contributed by atoms with Gasteiger partial charge in [-0.05, 0) is 11.6 Å². The van der Waals surface area contributed by atoms with Gasteiger partial charge in [0.1, 0.15) is 0 Å². The van der Waals surface area contributed by atoms with Gasteiger partial charge in [0.25, 0.3) is 0 Å². The minimum Gasteiger partial charge on any atom is -0.388 e. The Balaban J connectivity index is 2.79.